The normalized spacial score (nSPS) is 14.4. The summed E-state index contributed by atoms with van der Waals surface area (Å²) in [4.78, 5) is 31.4. The minimum atomic E-state index is -1.43. The van der Waals surface area contributed by atoms with Gasteiger partial charge in [0.25, 0.3) is 0 Å². The van der Waals surface area contributed by atoms with Crippen LogP contribution in [0.3, 0.4) is 0 Å². The highest BCUT2D eigenvalue weighted by atomic mass is 16.4. The van der Waals surface area contributed by atoms with Gasteiger partial charge in [0.2, 0.25) is 0 Å². The number of hydrogen-bond donors (Lipinski definition) is 3. The number of carboxylic acid groups (broad SMARTS) is 3. The molecule has 0 amide bonds. The molecule has 0 rings (SSSR count). The lowest BCUT2D eigenvalue weighted by molar-refractivity contribution is -0.157. The van der Waals surface area contributed by atoms with E-state index in [0.717, 1.165) is 0 Å². The summed E-state index contributed by atoms with van der Waals surface area (Å²) in [7, 11) is 0. The molecule has 0 heterocycles. The SMILES string of the molecule is [CH2]CC(C(=O)O)C(CC(=O)O)C(=O)O. The van der Waals surface area contributed by atoms with Crippen molar-refractivity contribution in [3.63, 3.8) is 0 Å². The average Bonchev–Trinajstić information content (AvgIpc) is 2.02. The summed E-state index contributed by atoms with van der Waals surface area (Å²) in [6, 6.07) is 0. The summed E-state index contributed by atoms with van der Waals surface area (Å²) in [6.07, 6.45) is -0.860. The van der Waals surface area contributed by atoms with Crippen molar-refractivity contribution in [2.75, 3.05) is 0 Å². The van der Waals surface area contributed by atoms with Crippen LogP contribution in [0.2, 0.25) is 0 Å². The minimum absolute atomic E-state index is 0.153. The third-order valence-electron chi connectivity index (χ3n) is 1.83. The predicted molar refractivity (Wildman–Crippen MR) is 44.5 cm³/mol. The van der Waals surface area contributed by atoms with Gasteiger partial charge in [-0.3, -0.25) is 14.4 Å². The number of hydrogen-bond acceptors (Lipinski definition) is 3. The first-order chi connectivity index (χ1) is 6.40. The Hall–Kier alpha value is -1.59. The lowest BCUT2D eigenvalue weighted by Crippen LogP contribution is -2.31. The summed E-state index contributed by atoms with van der Waals surface area (Å²) in [5, 5.41) is 25.6. The number of carboxylic acids is 3. The number of rotatable bonds is 6. The minimum Gasteiger partial charge on any atom is -0.481 e. The second-order valence-electron chi connectivity index (χ2n) is 2.78. The maximum atomic E-state index is 10.6. The van der Waals surface area contributed by atoms with E-state index in [1.807, 2.05) is 0 Å². The van der Waals surface area contributed by atoms with Crippen LogP contribution in [-0.4, -0.2) is 33.2 Å². The molecule has 0 spiro atoms. The van der Waals surface area contributed by atoms with Crippen LogP contribution >= 0.6 is 0 Å². The Morgan fingerprint density at radius 2 is 1.43 bits per heavy atom. The Kier molecular flexibility index (Phi) is 4.62. The molecule has 0 aliphatic carbocycles. The largest absolute Gasteiger partial charge is 0.481 e. The Labute approximate surface area is 80.2 Å². The van der Waals surface area contributed by atoms with Crippen LogP contribution in [-0.2, 0) is 14.4 Å². The van der Waals surface area contributed by atoms with E-state index in [1.165, 1.54) is 0 Å². The van der Waals surface area contributed by atoms with Crippen molar-refractivity contribution in [2.24, 2.45) is 11.8 Å². The fourth-order valence-electron chi connectivity index (χ4n) is 1.09. The van der Waals surface area contributed by atoms with Gasteiger partial charge < -0.3 is 15.3 Å². The highest BCUT2D eigenvalue weighted by molar-refractivity contribution is 5.83. The molecule has 0 aliphatic rings. The van der Waals surface area contributed by atoms with Crippen LogP contribution in [0.15, 0.2) is 0 Å². The molecule has 2 unspecified atom stereocenters. The van der Waals surface area contributed by atoms with Crippen molar-refractivity contribution < 1.29 is 29.7 Å². The van der Waals surface area contributed by atoms with E-state index in [9.17, 15) is 14.4 Å². The molecule has 3 N–H and O–H groups in total. The van der Waals surface area contributed by atoms with Crippen LogP contribution in [0.1, 0.15) is 12.8 Å². The van der Waals surface area contributed by atoms with Crippen LogP contribution < -0.4 is 0 Å². The predicted octanol–water partition coefficient (Wildman–Crippen LogP) is 0.0869. The standard InChI is InChI=1S/C8H11O6/c1-2-4(7(11)12)5(8(13)14)3-6(9)10/h4-5H,1-3H2,(H,9,10)(H,11,12)(H,13,14). The van der Waals surface area contributed by atoms with Crippen LogP contribution in [0.4, 0.5) is 0 Å². The van der Waals surface area contributed by atoms with Crippen molar-refractivity contribution >= 4 is 17.9 Å². The van der Waals surface area contributed by atoms with E-state index in [4.69, 9.17) is 15.3 Å². The van der Waals surface area contributed by atoms with Crippen molar-refractivity contribution in [1.82, 2.24) is 0 Å². The molecule has 0 bridgehead atoms. The zero-order chi connectivity index (χ0) is 11.3. The van der Waals surface area contributed by atoms with Crippen LogP contribution in [0, 0.1) is 18.8 Å². The van der Waals surface area contributed by atoms with Gasteiger partial charge in [0.1, 0.15) is 0 Å². The first kappa shape index (κ1) is 12.4. The third kappa shape index (κ3) is 3.42. The van der Waals surface area contributed by atoms with E-state index in [2.05, 4.69) is 6.92 Å². The molecule has 0 saturated heterocycles. The van der Waals surface area contributed by atoms with E-state index in [-0.39, 0.29) is 6.42 Å². The molecule has 0 saturated carbocycles. The summed E-state index contributed by atoms with van der Waals surface area (Å²) in [6.45, 7) is 3.28. The van der Waals surface area contributed by atoms with Gasteiger partial charge in [-0.1, -0.05) is 6.92 Å². The molecule has 0 aliphatic heterocycles. The fourth-order valence-corrected chi connectivity index (χ4v) is 1.09. The molecule has 0 aromatic heterocycles. The first-order valence-corrected chi connectivity index (χ1v) is 3.86. The van der Waals surface area contributed by atoms with Gasteiger partial charge in [0.05, 0.1) is 18.3 Å². The van der Waals surface area contributed by atoms with E-state index in [1.54, 1.807) is 0 Å². The smallest absolute Gasteiger partial charge is 0.307 e. The molecule has 6 nitrogen and oxygen atoms in total. The van der Waals surface area contributed by atoms with Gasteiger partial charge in [-0.2, -0.15) is 0 Å². The molecule has 79 valence electrons. The molecule has 6 heteroatoms. The Morgan fingerprint density at radius 1 is 1.00 bits per heavy atom. The Morgan fingerprint density at radius 3 is 1.64 bits per heavy atom. The van der Waals surface area contributed by atoms with Gasteiger partial charge in [0.15, 0.2) is 0 Å². The Balaban J connectivity index is 4.69. The second kappa shape index (κ2) is 5.21. The molecule has 14 heavy (non-hydrogen) atoms. The maximum Gasteiger partial charge on any atom is 0.307 e. The van der Waals surface area contributed by atoms with E-state index >= 15 is 0 Å². The molecule has 0 aromatic rings. The van der Waals surface area contributed by atoms with Crippen LogP contribution in [0.5, 0.6) is 0 Å². The van der Waals surface area contributed by atoms with Gasteiger partial charge in [-0.15, -0.1) is 0 Å². The molecule has 0 fully saturated rings. The number of aliphatic carboxylic acids is 3. The molecule has 0 aromatic carbocycles. The number of carbonyl (C=O) groups is 3. The topological polar surface area (TPSA) is 112 Å². The first-order valence-electron chi connectivity index (χ1n) is 3.86. The van der Waals surface area contributed by atoms with Gasteiger partial charge in [-0.05, 0) is 6.42 Å². The summed E-state index contributed by atoms with van der Waals surface area (Å²) in [5.41, 5.74) is 0. The summed E-state index contributed by atoms with van der Waals surface area (Å²) >= 11 is 0. The third-order valence-corrected chi connectivity index (χ3v) is 1.83. The molecule has 1 radical (unpaired) electrons. The lowest BCUT2D eigenvalue weighted by Gasteiger charge is -2.16. The average molecular weight is 203 g/mol. The van der Waals surface area contributed by atoms with Gasteiger partial charge in [0, 0.05) is 0 Å². The van der Waals surface area contributed by atoms with E-state index < -0.39 is 36.2 Å². The van der Waals surface area contributed by atoms with Crippen molar-refractivity contribution in [3.8, 4) is 0 Å². The Bertz CT molecular complexity index is 246. The monoisotopic (exact) mass is 203 g/mol. The fraction of sp³-hybridized carbons (Fsp3) is 0.500. The zero-order valence-corrected chi connectivity index (χ0v) is 7.34. The van der Waals surface area contributed by atoms with Crippen LogP contribution in [0.25, 0.3) is 0 Å². The molecular weight excluding hydrogens is 192 g/mol. The summed E-state index contributed by atoms with van der Waals surface area (Å²) in [5.74, 6) is -6.79. The summed E-state index contributed by atoms with van der Waals surface area (Å²) < 4.78 is 0. The highest BCUT2D eigenvalue weighted by Crippen LogP contribution is 2.20. The lowest BCUT2D eigenvalue weighted by atomic mass is 9.87. The maximum absolute atomic E-state index is 10.6. The van der Waals surface area contributed by atoms with Crippen molar-refractivity contribution in [2.45, 2.75) is 12.8 Å². The molecular formula is C8H11O6. The van der Waals surface area contributed by atoms with Gasteiger partial charge >= 0.3 is 17.9 Å². The van der Waals surface area contributed by atoms with E-state index in [0.29, 0.717) is 0 Å². The molecule has 2 atom stereocenters. The van der Waals surface area contributed by atoms with Crippen molar-refractivity contribution in [1.29, 1.82) is 0 Å². The van der Waals surface area contributed by atoms with Gasteiger partial charge in [-0.25, -0.2) is 0 Å². The quantitative estimate of drug-likeness (QED) is 0.563. The highest BCUT2D eigenvalue weighted by Gasteiger charge is 2.33. The zero-order valence-electron chi connectivity index (χ0n) is 7.34. The van der Waals surface area contributed by atoms with Crippen molar-refractivity contribution in [3.05, 3.63) is 6.92 Å². The second-order valence-corrected chi connectivity index (χ2v) is 2.78.